The van der Waals surface area contributed by atoms with Gasteiger partial charge >= 0.3 is 11.8 Å². The molecule has 2 amide bonds. The average molecular weight is 429 g/mol. The number of hydrogen-bond acceptors (Lipinski definition) is 5. The number of rotatable bonds is 6. The molecule has 3 aromatic rings. The lowest BCUT2D eigenvalue weighted by Gasteiger charge is -2.20. The molecule has 0 aliphatic heterocycles. The van der Waals surface area contributed by atoms with Gasteiger partial charge in [0.2, 0.25) is 5.91 Å². The third-order valence-electron chi connectivity index (χ3n) is 4.25. The molecule has 2 N–H and O–H groups in total. The van der Waals surface area contributed by atoms with Crippen LogP contribution in [0, 0.1) is 5.82 Å². The first-order valence-electron chi connectivity index (χ1n) is 9.80. The van der Waals surface area contributed by atoms with E-state index < -0.39 is 29.2 Å². The molecule has 0 aliphatic carbocycles. The lowest BCUT2D eigenvalue weighted by Crippen LogP contribution is -2.27. The minimum Gasteiger partial charge on any atom is -0.444 e. The third kappa shape index (κ3) is 5.94. The van der Waals surface area contributed by atoms with Gasteiger partial charge < -0.3 is 14.5 Å². The molecule has 0 fully saturated rings. The van der Waals surface area contributed by atoms with Gasteiger partial charge in [0.25, 0.3) is 0 Å². The first kappa shape index (κ1) is 22.1. The molecule has 0 aliphatic rings. The van der Waals surface area contributed by atoms with E-state index in [-0.39, 0.29) is 24.3 Å². The zero-order chi connectivity index (χ0) is 22.6. The van der Waals surface area contributed by atoms with Gasteiger partial charge in [-0.1, -0.05) is 12.1 Å². The molecular weight excluding hydrogens is 405 g/mol. The summed E-state index contributed by atoms with van der Waals surface area (Å²) in [5.41, 5.74) is 0.752. The lowest BCUT2D eigenvalue weighted by molar-refractivity contribution is -0.116. The number of carbonyl (C=O) groups excluding carboxylic acids is 2. The smallest absolute Gasteiger partial charge is 0.419 e. The van der Waals surface area contributed by atoms with E-state index in [2.05, 4.69) is 10.6 Å². The van der Waals surface area contributed by atoms with Crippen molar-refractivity contribution in [2.75, 3.05) is 10.6 Å². The van der Waals surface area contributed by atoms with Crippen LogP contribution in [0.25, 0.3) is 11.1 Å². The van der Waals surface area contributed by atoms with Crippen molar-refractivity contribution < 1.29 is 23.1 Å². The highest BCUT2D eigenvalue weighted by Gasteiger charge is 2.18. The largest absolute Gasteiger partial charge is 0.444 e. The van der Waals surface area contributed by atoms with Gasteiger partial charge in [-0.05, 0) is 57.5 Å². The SMILES string of the molecule is CC(C)(C)OC(=O)Nc1ccc(F)cc1NC(=O)CCCn1c(=O)oc2ccccc21. The summed E-state index contributed by atoms with van der Waals surface area (Å²) in [6, 6.07) is 10.6. The number of amides is 2. The Bertz CT molecular complexity index is 1160. The molecule has 3 rings (SSSR count). The van der Waals surface area contributed by atoms with E-state index in [0.717, 1.165) is 6.07 Å². The van der Waals surface area contributed by atoms with Crippen molar-refractivity contribution in [2.45, 2.75) is 45.8 Å². The summed E-state index contributed by atoms with van der Waals surface area (Å²) in [4.78, 5) is 36.4. The zero-order valence-electron chi connectivity index (χ0n) is 17.5. The fourth-order valence-electron chi connectivity index (χ4n) is 2.98. The number of ether oxygens (including phenoxy) is 1. The Morgan fingerprint density at radius 1 is 1.10 bits per heavy atom. The average Bonchev–Trinajstić information content (AvgIpc) is 2.98. The molecular formula is C22H24FN3O5. The Labute approximate surface area is 178 Å². The number of fused-ring (bicyclic) bond motifs is 1. The van der Waals surface area contributed by atoms with Crippen LogP contribution in [0.3, 0.4) is 0 Å². The zero-order valence-corrected chi connectivity index (χ0v) is 17.5. The minimum absolute atomic E-state index is 0.0777. The van der Waals surface area contributed by atoms with Crippen molar-refractivity contribution in [1.82, 2.24) is 4.57 Å². The summed E-state index contributed by atoms with van der Waals surface area (Å²) >= 11 is 0. The van der Waals surface area contributed by atoms with Crippen molar-refractivity contribution >= 4 is 34.5 Å². The highest BCUT2D eigenvalue weighted by atomic mass is 19.1. The molecule has 0 unspecified atom stereocenters. The van der Waals surface area contributed by atoms with Crippen molar-refractivity contribution in [3.05, 3.63) is 58.8 Å². The Balaban J connectivity index is 1.62. The second kappa shape index (κ2) is 9.03. The van der Waals surface area contributed by atoms with Crippen LogP contribution >= 0.6 is 0 Å². The minimum atomic E-state index is -0.721. The number of anilines is 2. The molecule has 0 spiro atoms. The summed E-state index contributed by atoms with van der Waals surface area (Å²) in [5, 5.41) is 5.10. The van der Waals surface area contributed by atoms with Gasteiger partial charge in [0, 0.05) is 13.0 Å². The molecule has 2 aromatic carbocycles. The van der Waals surface area contributed by atoms with Crippen molar-refractivity contribution in [3.8, 4) is 0 Å². The molecule has 0 bridgehead atoms. The van der Waals surface area contributed by atoms with Gasteiger partial charge in [-0.15, -0.1) is 0 Å². The maximum atomic E-state index is 13.7. The van der Waals surface area contributed by atoms with E-state index in [0.29, 0.717) is 17.5 Å². The number of nitrogens with one attached hydrogen (secondary N) is 2. The first-order valence-corrected chi connectivity index (χ1v) is 9.80. The Hall–Kier alpha value is -3.62. The molecule has 0 radical (unpaired) electrons. The van der Waals surface area contributed by atoms with Crippen molar-refractivity contribution in [3.63, 3.8) is 0 Å². The number of benzene rings is 2. The van der Waals surface area contributed by atoms with Crippen molar-refractivity contribution in [1.29, 1.82) is 0 Å². The predicted molar refractivity (Wildman–Crippen MR) is 115 cm³/mol. The van der Waals surface area contributed by atoms with E-state index in [1.807, 2.05) is 0 Å². The Morgan fingerprint density at radius 2 is 1.84 bits per heavy atom. The molecule has 9 heteroatoms. The lowest BCUT2D eigenvalue weighted by atomic mass is 10.2. The molecule has 0 saturated carbocycles. The van der Waals surface area contributed by atoms with Gasteiger partial charge in [0.05, 0.1) is 16.9 Å². The van der Waals surface area contributed by atoms with Gasteiger partial charge in [-0.2, -0.15) is 0 Å². The summed E-state index contributed by atoms with van der Waals surface area (Å²) in [6.45, 7) is 5.44. The van der Waals surface area contributed by atoms with Crippen LogP contribution in [0.2, 0.25) is 0 Å². The van der Waals surface area contributed by atoms with E-state index in [4.69, 9.17) is 9.15 Å². The van der Waals surface area contributed by atoms with Gasteiger partial charge in [0.15, 0.2) is 5.58 Å². The second-order valence-electron chi connectivity index (χ2n) is 7.96. The summed E-state index contributed by atoms with van der Waals surface area (Å²) < 4.78 is 25.5. The van der Waals surface area contributed by atoms with E-state index in [9.17, 15) is 18.8 Å². The molecule has 164 valence electrons. The number of aromatic nitrogens is 1. The van der Waals surface area contributed by atoms with Crippen molar-refractivity contribution in [2.24, 2.45) is 0 Å². The van der Waals surface area contributed by atoms with E-state index >= 15 is 0 Å². The molecule has 31 heavy (non-hydrogen) atoms. The highest BCUT2D eigenvalue weighted by Crippen LogP contribution is 2.24. The number of halogens is 1. The van der Waals surface area contributed by atoms with Crippen LogP contribution in [0.4, 0.5) is 20.6 Å². The summed E-state index contributed by atoms with van der Waals surface area (Å²) in [7, 11) is 0. The maximum absolute atomic E-state index is 13.7. The monoisotopic (exact) mass is 429 g/mol. The molecule has 1 aromatic heterocycles. The summed E-state index contributed by atoms with van der Waals surface area (Å²) in [5.74, 6) is -1.45. The first-order chi connectivity index (χ1) is 14.6. The van der Waals surface area contributed by atoms with Crippen LogP contribution in [-0.2, 0) is 16.1 Å². The summed E-state index contributed by atoms with van der Waals surface area (Å²) in [6.07, 6.45) is -0.283. The number of oxazole rings is 1. The third-order valence-corrected chi connectivity index (χ3v) is 4.25. The van der Waals surface area contributed by atoms with Crippen LogP contribution < -0.4 is 16.4 Å². The fraction of sp³-hybridized carbons (Fsp3) is 0.318. The quantitative estimate of drug-likeness (QED) is 0.601. The second-order valence-corrected chi connectivity index (χ2v) is 7.96. The van der Waals surface area contributed by atoms with E-state index in [1.54, 1.807) is 45.0 Å². The Morgan fingerprint density at radius 3 is 2.58 bits per heavy atom. The van der Waals surface area contributed by atoms with E-state index in [1.165, 1.54) is 16.7 Å². The number of hydrogen-bond donors (Lipinski definition) is 2. The maximum Gasteiger partial charge on any atom is 0.419 e. The highest BCUT2D eigenvalue weighted by molar-refractivity contribution is 5.97. The standard InChI is InChI=1S/C22H24FN3O5/c1-22(2,3)31-20(28)25-15-11-10-14(23)13-16(15)24-19(27)9-6-12-26-17-7-4-5-8-18(17)30-21(26)29/h4-5,7-8,10-11,13H,6,9,12H2,1-3H3,(H,24,27)(H,25,28). The predicted octanol–water partition coefficient (Wildman–Crippen LogP) is 4.50. The Kier molecular flexibility index (Phi) is 6.43. The number of para-hydroxylation sites is 2. The molecule has 1 heterocycles. The molecule has 0 saturated heterocycles. The fourth-order valence-corrected chi connectivity index (χ4v) is 2.98. The van der Waals surface area contributed by atoms with Gasteiger partial charge in [0.1, 0.15) is 11.4 Å². The number of aryl methyl sites for hydroxylation is 1. The normalized spacial score (nSPS) is 11.4. The van der Waals surface area contributed by atoms with Gasteiger partial charge in [-0.25, -0.2) is 14.0 Å². The van der Waals surface area contributed by atoms with Gasteiger partial charge in [-0.3, -0.25) is 14.7 Å². The molecule has 8 nitrogen and oxygen atoms in total. The molecule has 0 atom stereocenters. The number of carbonyl (C=O) groups is 2. The topological polar surface area (TPSA) is 103 Å². The van der Waals surface area contributed by atoms with Crippen LogP contribution in [-0.4, -0.2) is 22.2 Å². The number of nitrogens with zero attached hydrogens (tertiary/aromatic N) is 1. The van der Waals surface area contributed by atoms with Crippen LogP contribution in [0.5, 0.6) is 0 Å². The van der Waals surface area contributed by atoms with Crippen LogP contribution in [0.1, 0.15) is 33.6 Å². The van der Waals surface area contributed by atoms with Crippen LogP contribution in [0.15, 0.2) is 51.7 Å².